The Hall–Kier alpha value is -0.505. The number of carbonyl (C=O) groups excluding carboxylic acids is 6. The van der Waals surface area contributed by atoms with Gasteiger partial charge in [0.25, 0.3) is 0 Å². The summed E-state index contributed by atoms with van der Waals surface area (Å²) in [6.45, 7) is 0. The van der Waals surface area contributed by atoms with Crippen LogP contribution in [-0.4, -0.2) is 35.8 Å². The topological polar surface area (TPSA) is 241 Å². The Morgan fingerprint density at radius 1 is 0.350 bits per heavy atom. The molecule has 0 bridgehead atoms. The summed E-state index contributed by atoms with van der Waals surface area (Å²) >= 11 is 0. The first kappa shape index (κ1) is 31.7. The van der Waals surface area contributed by atoms with Gasteiger partial charge in [-0.3, -0.25) is 0 Å². The van der Waals surface area contributed by atoms with Crippen LogP contribution in [0.3, 0.4) is 0 Å². The van der Waals surface area contributed by atoms with Gasteiger partial charge in [0.1, 0.15) is 0 Å². The van der Waals surface area contributed by atoms with Gasteiger partial charge >= 0.3 is 80.8 Å². The molecule has 0 rings (SSSR count). The van der Waals surface area contributed by atoms with Gasteiger partial charge in [0.15, 0.2) is 0 Å². The molecular formula is C6O12Sm2. The Kier molecular flexibility index (Phi) is 29.4. The van der Waals surface area contributed by atoms with Gasteiger partial charge in [0, 0.05) is 0 Å². The fraction of sp³-hybridized carbons (Fsp3) is 0. The van der Waals surface area contributed by atoms with E-state index in [4.69, 9.17) is 59.4 Å². The molecule has 0 aromatic carbocycles. The molecular weight excluding hydrogens is 565 g/mol. The smallest absolute Gasteiger partial charge is 0.543 e. The van der Waals surface area contributed by atoms with Crippen LogP contribution < -0.4 is 30.6 Å². The van der Waals surface area contributed by atoms with E-state index in [-0.39, 0.29) is 80.8 Å². The quantitative estimate of drug-likeness (QED) is 0.249. The first-order chi connectivity index (χ1) is 7.93. The number of hydrogen-bond acceptors (Lipinski definition) is 12. The van der Waals surface area contributed by atoms with E-state index in [1.807, 2.05) is 0 Å². The summed E-state index contributed by atoms with van der Waals surface area (Å²) in [6.07, 6.45) is 0. The normalized spacial score (nSPS) is 6.60. The van der Waals surface area contributed by atoms with Crippen molar-refractivity contribution < 1.29 is 140 Å². The number of rotatable bonds is 0. The molecule has 0 heterocycles. The maximum absolute atomic E-state index is 8.93. The van der Waals surface area contributed by atoms with E-state index in [0.29, 0.717) is 0 Å². The molecule has 0 amide bonds. The van der Waals surface area contributed by atoms with E-state index in [0.717, 1.165) is 0 Å². The van der Waals surface area contributed by atoms with Crippen LogP contribution in [0.25, 0.3) is 0 Å². The van der Waals surface area contributed by atoms with E-state index >= 15 is 0 Å². The Morgan fingerprint density at radius 3 is 0.400 bits per heavy atom. The van der Waals surface area contributed by atoms with E-state index in [1.54, 1.807) is 0 Å². The molecule has 0 atom stereocenters. The molecule has 0 aliphatic rings. The molecule has 0 unspecified atom stereocenters. The van der Waals surface area contributed by atoms with Gasteiger partial charge in [0.05, 0.1) is 35.8 Å². The second kappa shape index (κ2) is 18.5. The van der Waals surface area contributed by atoms with Gasteiger partial charge in [-0.2, -0.15) is 0 Å². The number of carboxylic acid groups (broad SMARTS) is 6. The number of carbonyl (C=O) groups is 6. The molecule has 0 N–H and O–H groups in total. The second-order valence-corrected chi connectivity index (χ2v) is 1.72. The molecule has 0 fully saturated rings. The van der Waals surface area contributed by atoms with Crippen molar-refractivity contribution in [3.63, 3.8) is 0 Å². The van der Waals surface area contributed by atoms with Crippen molar-refractivity contribution in [1.82, 2.24) is 0 Å². The molecule has 0 saturated heterocycles. The molecule has 2 radical (unpaired) electrons. The minimum atomic E-state index is -2.19. The summed E-state index contributed by atoms with van der Waals surface area (Å²) in [5.41, 5.74) is 0. The third-order valence-corrected chi connectivity index (χ3v) is 0.500. The van der Waals surface area contributed by atoms with Gasteiger partial charge in [-0.05, 0) is 0 Å². The van der Waals surface area contributed by atoms with Crippen LogP contribution in [0.2, 0.25) is 0 Å². The SMILES string of the molecule is O=C([O-])C(=O)[O-].O=C([O-])C(=O)[O-].O=C([O-])C(=O)[O-].[Sm+3].[Sm+3]. The molecule has 0 aliphatic heterocycles. The van der Waals surface area contributed by atoms with Crippen LogP contribution in [0.5, 0.6) is 0 Å². The molecule has 0 aliphatic carbocycles. The molecule has 20 heavy (non-hydrogen) atoms. The van der Waals surface area contributed by atoms with Gasteiger partial charge in [0.2, 0.25) is 0 Å². The standard InChI is InChI=1S/3C2H2O4.2Sm/c3*3-1(4)2(5)6;;/h3*(H,3,4)(H,5,6);;/q;;;2*+3/p-6. The van der Waals surface area contributed by atoms with Crippen molar-refractivity contribution >= 4 is 35.8 Å². The van der Waals surface area contributed by atoms with Crippen LogP contribution in [0.4, 0.5) is 0 Å². The van der Waals surface area contributed by atoms with Crippen molar-refractivity contribution in [2.75, 3.05) is 0 Å². The van der Waals surface area contributed by atoms with Crippen LogP contribution in [0.1, 0.15) is 0 Å². The van der Waals surface area contributed by atoms with E-state index in [2.05, 4.69) is 0 Å². The predicted molar refractivity (Wildman–Crippen MR) is 30.0 cm³/mol. The number of aliphatic carboxylic acids is 6. The minimum absolute atomic E-state index is 0. The third kappa shape index (κ3) is 36.0. The van der Waals surface area contributed by atoms with Crippen molar-refractivity contribution in [1.29, 1.82) is 0 Å². The fourth-order valence-corrected chi connectivity index (χ4v) is 0. The Balaban J connectivity index is -0.0000000536. The van der Waals surface area contributed by atoms with Gasteiger partial charge in [-0.25, -0.2) is 0 Å². The Morgan fingerprint density at radius 2 is 0.400 bits per heavy atom. The summed E-state index contributed by atoms with van der Waals surface area (Å²) < 4.78 is 0. The average Bonchev–Trinajstić information content (AvgIpc) is 2.18. The monoisotopic (exact) mass is 568 g/mol. The predicted octanol–water partition coefficient (Wildman–Crippen LogP) is -10.5. The largest absolute Gasteiger partial charge is 3.00 e. The van der Waals surface area contributed by atoms with Crippen molar-refractivity contribution in [3.05, 3.63) is 0 Å². The third-order valence-electron chi connectivity index (χ3n) is 0.500. The first-order valence-corrected chi connectivity index (χ1v) is 3.20. The zero-order valence-corrected chi connectivity index (χ0v) is 14.0. The molecule has 14 heteroatoms. The zero-order chi connectivity index (χ0) is 15.5. The van der Waals surface area contributed by atoms with Crippen LogP contribution in [0, 0.1) is 80.8 Å². The minimum Gasteiger partial charge on any atom is -0.543 e. The Labute approximate surface area is 174 Å². The van der Waals surface area contributed by atoms with E-state index in [9.17, 15) is 0 Å². The van der Waals surface area contributed by atoms with Crippen LogP contribution >= 0.6 is 0 Å². The molecule has 0 aromatic rings. The summed E-state index contributed by atoms with van der Waals surface area (Å²) in [7, 11) is 0. The number of carboxylic acids is 6. The molecule has 0 aromatic heterocycles. The van der Waals surface area contributed by atoms with Crippen molar-refractivity contribution in [3.8, 4) is 0 Å². The molecule has 0 saturated carbocycles. The van der Waals surface area contributed by atoms with Gasteiger partial charge < -0.3 is 59.4 Å². The summed E-state index contributed by atoms with van der Waals surface area (Å²) in [6, 6.07) is 0. The summed E-state index contributed by atoms with van der Waals surface area (Å²) in [5, 5.41) is 53.6. The molecule has 108 valence electrons. The maximum atomic E-state index is 8.93. The van der Waals surface area contributed by atoms with Crippen molar-refractivity contribution in [2.45, 2.75) is 0 Å². The summed E-state index contributed by atoms with van der Waals surface area (Å²) in [4.78, 5) is 53.6. The van der Waals surface area contributed by atoms with Gasteiger partial charge in [-0.1, -0.05) is 0 Å². The van der Waals surface area contributed by atoms with Crippen LogP contribution in [0.15, 0.2) is 0 Å². The fourth-order valence-electron chi connectivity index (χ4n) is 0. The van der Waals surface area contributed by atoms with Gasteiger partial charge in [-0.15, -0.1) is 0 Å². The average molecular weight is 565 g/mol. The van der Waals surface area contributed by atoms with Crippen molar-refractivity contribution in [2.24, 2.45) is 0 Å². The maximum Gasteiger partial charge on any atom is 3.00 e. The van der Waals surface area contributed by atoms with E-state index < -0.39 is 35.8 Å². The first-order valence-electron chi connectivity index (χ1n) is 3.20. The zero-order valence-electron chi connectivity index (χ0n) is 8.72. The summed E-state index contributed by atoms with van der Waals surface area (Å²) in [5.74, 6) is -13.1. The molecule has 0 spiro atoms. The van der Waals surface area contributed by atoms with E-state index in [1.165, 1.54) is 0 Å². The molecule has 12 nitrogen and oxygen atoms in total. The Bertz CT molecular complexity index is 281. The number of hydrogen-bond donors (Lipinski definition) is 0. The second-order valence-electron chi connectivity index (χ2n) is 1.72. The van der Waals surface area contributed by atoms with Crippen LogP contribution in [-0.2, 0) is 28.8 Å².